The molecule has 1 amide bonds. The van der Waals surface area contributed by atoms with Crippen LogP contribution in [0.5, 0.6) is 5.75 Å². The number of nitrogens with zero attached hydrogens (tertiary/aromatic N) is 1. The van der Waals surface area contributed by atoms with E-state index in [2.05, 4.69) is 26.5 Å². The maximum absolute atomic E-state index is 11.8. The number of hydrogen-bond donors (Lipinski definition) is 4. The fourth-order valence-corrected chi connectivity index (χ4v) is 2.37. The van der Waals surface area contributed by atoms with Crippen molar-refractivity contribution in [3.05, 3.63) is 53.0 Å². The van der Waals surface area contributed by atoms with E-state index >= 15 is 0 Å². The average Bonchev–Trinajstić information content (AvgIpc) is 2.45. The number of phenolic OH excluding ortho intramolecular Hbond substituents is 1. The van der Waals surface area contributed by atoms with Gasteiger partial charge < -0.3 is 15.3 Å². The first kappa shape index (κ1) is 15.1. The number of para-hydroxylation sites is 1. The van der Waals surface area contributed by atoms with E-state index in [4.69, 9.17) is 0 Å². The minimum atomic E-state index is -0.543. The van der Waals surface area contributed by atoms with Crippen molar-refractivity contribution in [3.63, 3.8) is 0 Å². The van der Waals surface area contributed by atoms with Crippen LogP contribution in [0.3, 0.4) is 0 Å². The second kappa shape index (κ2) is 6.45. The Bertz CT molecular complexity index is 652. The highest BCUT2D eigenvalue weighted by molar-refractivity contribution is 9.09. The average molecular weight is 353 g/mol. The quantitative estimate of drug-likeness (QED) is 0.381. The largest absolute Gasteiger partial charge is 0.507 e. The van der Waals surface area contributed by atoms with Gasteiger partial charge in [-0.3, -0.25) is 4.79 Å². The molecule has 1 aromatic rings. The lowest BCUT2D eigenvalue weighted by Crippen LogP contribution is -2.18. The second-order valence-electron chi connectivity index (χ2n) is 4.38. The Morgan fingerprint density at radius 2 is 2.05 bits per heavy atom. The minimum Gasteiger partial charge on any atom is -0.507 e. The van der Waals surface area contributed by atoms with E-state index < -0.39 is 10.7 Å². The molecule has 0 aliphatic heterocycles. The molecule has 0 radical (unpaired) electrons. The molecule has 0 saturated carbocycles. The Morgan fingerprint density at radius 3 is 2.71 bits per heavy atom. The predicted octanol–water partition coefficient (Wildman–Crippen LogP) is 2.53. The van der Waals surface area contributed by atoms with Gasteiger partial charge in [-0.25, -0.2) is 5.43 Å². The number of allylic oxidation sites excluding steroid dienone is 3. The molecule has 1 unspecified atom stereocenters. The zero-order valence-corrected chi connectivity index (χ0v) is 12.4. The third kappa shape index (κ3) is 3.63. The zero-order chi connectivity index (χ0) is 15.4. The summed E-state index contributed by atoms with van der Waals surface area (Å²) < 4.78 is 0. The molecule has 21 heavy (non-hydrogen) atoms. The maximum atomic E-state index is 11.8. The standard InChI is InChI=1S/C14H13BrN2O4/c15-10-5-8(6-12(19)13(10)20)7-16-17-14(21)9-3-1-2-4-11(9)18/h1-4,6-7,10,18-20H,5H2,(H,17,21)/b16-7+. The Labute approximate surface area is 129 Å². The van der Waals surface area contributed by atoms with Crippen molar-refractivity contribution in [3.8, 4) is 5.75 Å². The van der Waals surface area contributed by atoms with Gasteiger partial charge in [0.2, 0.25) is 0 Å². The SMILES string of the molecule is O=C(N/N=C/C1=CC(O)=C(O)C(Br)C1)c1ccccc1O. The van der Waals surface area contributed by atoms with E-state index in [0.29, 0.717) is 12.0 Å². The lowest BCUT2D eigenvalue weighted by atomic mass is 10.0. The van der Waals surface area contributed by atoms with E-state index in [1.807, 2.05) is 0 Å². The molecule has 0 heterocycles. The summed E-state index contributed by atoms with van der Waals surface area (Å²) >= 11 is 3.21. The smallest absolute Gasteiger partial charge is 0.275 e. The molecule has 1 aromatic carbocycles. The molecule has 0 saturated heterocycles. The number of aliphatic hydroxyl groups is 2. The van der Waals surface area contributed by atoms with Gasteiger partial charge in [0.25, 0.3) is 5.91 Å². The predicted molar refractivity (Wildman–Crippen MR) is 81.8 cm³/mol. The highest BCUT2D eigenvalue weighted by atomic mass is 79.9. The minimum absolute atomic E-state index is 0.117. The van der Waals surface area contributed by atoms with Crippen LogP contribution in [-0.2, 0) is 0 Å². The van der Waals surface area contributed by atoms with Crippen LogP contribution >= 0.6 is 15.9 Å². The number of aliphatic hydroxyl groups excluding tert-OH is 2. The number of halogens is 1. The Balaban J connectivity index is 2.02. The van der Waals surface area contributed by atoms with Gasteiger partial charge in [0, 0.05) is 0 Å². The normalized spacial score (nSPS) is 18.7. The Kier molecular flexibility index (Phi) is 4.64. The highest BCUT2D eigenvalue weighted by Crippen LogP contribution is 2.26. The number of hydrazone groups is 1. The zero-order valence-electron chi connectivity index (χ0n) is 10.8. The molecule has 2 rings (SSSR count). The van der Waals surface area contributed by atoms with E-state index in [-0.39, 0.29) is 22.8 Å². The van der Waals surface area contributed by atoms with Gasteiger partial charge in [0.15, 0.2) is 5.76 Å². The molecule has 110 valence electrons. The van der Waals surface area contributed by atoms with Gasteiger partial charge in [-0.05, 0) is 30.2 Å². The number of aromatic hydroxyl groups is 1. The number of carbonyl (C=O) groups excluding carboxylic acids is 1. The number of amides is 1. The molecule has 0 bridgehead atoms. The van der Waals surface area contributed by atoms with Crippen molar-refractivity contribution in [1.82, 2.24) is 5.43 Å². The first-order valence-electron chi connectivity index (χ1n) is 6.07. The van der Waals surface area contributed by atoms with Gasteiger partial charge >= 0.3 is 0 Å². The van der Waals surface area contributed by atoms with Crippen molar-refractivity contribution >= 4 is 28.1 Å². The number of phenols is 1. The number of benzene rings is 1. The molecular weight excluding hydrogens is 340 g/mol. The van der Waals surface area contributed by atoms with Crippen molar-refractivity contribution < 1.29 is 20.1 Å². The fourth-order valence-electron chi connectivity index (χ4n) is 1.76. The number of alkyl halides is 1. The molecule has 4 N–H and O–H groups in total. The fraction of sp³-hybridized carbons (Fsp3) is 0.143. The van der Waals surface area contributed by atoms with E-state index in [1.165, 1.54) is 24.4 Å². The van der Waals surface area contributed by atoms with Crippen molar-refractivity contribution in [2.75, 3.05) is 0 Å². The molecule has 0 spiro atoms. The van der Waals surface area contributed by atoms with Crippen LogP contribution in [-0.4, -0.2) is 32.3 Å². The van der Waals surface area contributed by atoms with Gasteiger partial charge in [-0.2, -0.15) is 5.10 Å². The van der Waals surface area contributed by atoms with Gasteiger partial charge in [-0.15, -0.1) is 0 Å². The molecule has 1 aliphatic carbocycles. The molecular formula is C14H13BrN2O4. The Hall–Kier alpha value is -2.28. The summed E-state index contributed by atoms with van der Waals surface area (Å²) in [6.07, 6.45) is 3.16. The summed E-state index contributed by atoms with van der Waals surface area (Å²) in [6.45, 7) is 0. The molecule has 7 heteroatoms. The monoisotopic (exact) mass is 352 g/mol. The van der Waals surface area contributed by atoms with Crippen LogP contribution in [0.1, 0.15) is 16.8 Å². The van der Waals surface area contributed by atoms with Crippen molar-refractivity contribution in [1.29, 1.82) is 0 Å². The molecule has 1 aliphatic rings. The van der Waals surface area contributed by atoms with Gasteiger partial charge in [0.05, 0.1) is 16.6 Å². The lowest BCUT2D eigenvalue weighted by Gasteiger charge is -2.15. The van der Waals surface area contributed by atoms with Crippen molar-refractivity contribution in [2.45, 2.75) is 11.2 Å². The van der Waals surface area contributed by atoms with E-state index in [9.17, 15) is 20.1 Å². The summed E-state index contributed by atoms with van der Waals surface area (Å²) in [7, 11) is 0. The maximum Gasteiger partial charge on any atom is 0.275 e. The molecule has 6 nitrogen and oxygen atoms in total. The van der Waals surface area contributed by atoms with Crippen molar-refractivity contribution in [2.24, 2.45) is 5.10 Å². The van der Waals surface area contributed by atoms with E-state index in [1.54, 1.807) is 12.1 Å². The van der Waals surface area contributed by atoms with Gasteiger partial charge in [0.1, 0.15) is 11.5 Å². The van der Waals surface area contributed by atoms with Crippen LogP contribution in [0.4, 0.5) is 0 Å². The molecule has 1 atom stereocenters. The van der Waals surface area contributed by atoms with Gasteiger partial charge in [-0.1, -0.05) is 28.1 Å². The second-order valence-corrected chi connectivity index (χ2v) is 5.48. The third-order valence-electron chi connectivity index (χ3n) is 2.84. The third-order valence-corrected chi connectivity index (χ3v) is 3.60. The van der Waals surface area contributed by atoms with E-state index in [0.717, 1.165) is 0 Å². The summed E-state index contributed by atoms with van der Waals surface area (Å²) in [5.74, 6) is -1.05. The first-order valence-corrected chi connectivity index (χ1v) is 6.98. The topological polar surface area (TPSA) is 102 Å². The lowest BCUT2D eigenvalue weighted by molar-refractivity contribution is 0.0952. The number of hydrogen-bond acceptors (Lipinski definition) is 5. The number of nitrogens with one attached hydrogen (secondary N) is 1. The van der Waals surface area contributed by atoms with Crippen LogP contribution in [0, 0.1) is 0 Å². The van der Waals surface area contributed by atoms with Crippen LogP contribution in [0.25, 0.3) is 0 Å². The Morgan fingerprint density at radius 1 is 1.33 bits per heavy atom. The number of carbonyl (C=O) groups is 1. The summed E-state index contributed by atoms with van der Waals surface area (Å²) in [5.41, 5.74) is 3.03. The summed E-state index contributed by atoms with van der Waals surface area (Å²) in [5, 5.41) is 32.2. The number of rotatable bonds is 3. The molecule has 0 fully saturated rings. The van der Waals surface area contributed by atoms with Crippen LogP contribution in [0.2, 0.25) is 0 Å². The van der Waals surface area contributed by atoms with Crippen LogP contribution < -0.4 is 5.43 Å². The summed E-state index contributed by atoms with van der Waals surface area (Å²) in [6, 6.07) is 6.12. The van der Waals surface area contributed by atoms with Crippen LogP contribution in [0.15, 0.2) is 52.5 Å². The first-order chi connectivity index (χ1) is 9.99. The molecule has 0 aromatic heterocycles. The summed E-state index contributed by atoms with van der Waals surface area (Å²) in [4.78, 5) is 11.4. The highest BCUT2D eigenvalue weighted by Gasteiger charge is 2.20.